The lowest BCUT2D eigenvalue weighted by Gasteiger charge is -2.33. The predicted molar refractivity (Wildman–Crippen MR) is 126 cm³/mol. The van der Waals surface area contributed by atoms with Crippen LogP contribution in [0.4, 0.5) is 14.5 Å². The number of hydrogen-bond acceptors (Lipinski definition) is 3. The Kier molecular flexibility index (Phi) is 6.83. The van der Waals surface area contributed by atoms with E-state index in [2.05, 4.69) is 9.71 Å². The third kappa shape index (κ3) is 4.91. The van der Waals surface area contributed by atoms with E-state index < -0.39 is 21.7 Å². The van der Waals surface area contributed by atoms with Crippen molar-refractivity contribution in [2.24, 2.45) is 4.99 Å². The number of benzene rings is 2. The molecule has 0 fully saturated rings. The van der Waals surface area contributed by atoms with Crippen LogP contribution >= 0.6 is 0 Å². The highest BCUT2D eigenvalue weighted by Crippen LogP contribution is 2.40. The molecule has 8 heteroatoms. The molecule has 172 valence electrons. The highest BCUT2D eigenvalue weighted by atomic mass is 32.2. The molecule has 2 aromatic rings. The van der Waals surface area contributed by atoms with E-state index in [-0.39, 0.29) is 36.0 Å². The Morgan fingerprint density at radius 1 is 1.19 bits per heavy atom. The van der Waals surface area contributed by atoms with Gasteiger partial charge in [0.2, 0.25) is 5.96 Å². The Bertz CT molecular complexity index is 1240. The standard InChI is InChI=1S/C24H27F2N3O2S.H2/c1-15(2)9-10-16(3)17(4)22-20(26)11-12-21-23(22)29(5)24(28-32(21,30)31)27-14-18-7-6-8-19(25)13-18;/h6-13,17H,14H2,1-5H3,(H,27,28);1H/b16-10+;. The monoisotopic (exact) mass is 461 g/mol. The third-order valence-corrected chi connectivity index (χ3v) is 6.75. The summed E-state index contributed by atoms with van der Waals surface area (Å²) in [5.41, 5.74) is 3.11. The van der Waals surface area contributed by atoms with Crippen LogP contribution in [0.25, 0.3) is 0 Å². The highest BCUT2D eigenvalue weighted by molar-refractivity contribution is 7.90. The summed E-state index contributed by atoms with van der Waals surface area (Å²) in [4.78, 5) is 5.87. The second-order valence-electron chi connectivity index (χ2n) is 8.12. The lowest BCUT2D eigenvalue weighted by atomic mass is 9.91. The lowest BCUT2D eigenvalue weighted by molar-refractivity contribution is 0.583. The van der Waals surface area contributed by atoms with Gasteiger partial charge in [0, 0.05) is 20.0 Å². The number of hydrogen-bond donors (Lipinski definition) is 1. The van der Waals surface area contributed by atoms with Crippen molar-refractivity contribution >= 4 is 21.7 Å². The van der Waals surface area contributed by atoms with Crippen molar-refractivity contribution in [1.29, 1.82) is 0 Å². The second kappa shape index (κ2) is 9.24. The molecule has 0 aromatic heterocycles. The van der Waals surface area contributed by atoms with Crippen LogP contribution in [0.5, 0.6) is 0 Å². The minimum Gasteiger partial charge on any atom is -0.313 e. The van der Waals surface area contributed by atoms with Gasteiger partial charge < -0.3 is 4.90 Å². The van der Waals surface area contributed by atoms with Crippen LogP contribution in [0, 0.1) is 11.6 Å². The maximum Gasteiger partial charge on any atom is 0.266 e. The van der Waals surface area contributed by atoms with Gasteiger partial charge in [0.25, 0.3) is 10.0 Å². The molecular weight excluding hydrogens is 432 g/mol. The number of nitrogens with zero attached hydrogens (tertiary/aromatic N) is 2. The van der Waals surface area contributed by atoms with E-state index in [1.807, 2.05) is 39.8 Å². The van der Waals surface area contributed by atoms with Crippen LogP contribution in [0.2, 0.25) is 0 Å². The van der Waals surface area contributed by atoms with Gasteiger partial charge in [-0.05, 0) is 50.6 Å². The molecule has 0 amide bonds. The first-order chi connectivity index (χ1) is 15.0. The summed E-state index contributed by atoms with van der Waals surface area (Å²) >= 11 is 0. The van der Waals surface area contributed by atoms with Crippen molar-refractivity contribution in [3.8, 4) is 0 Å². The van der Waals surface area contributed by atoms with Crippen molar-refractivity contribution in [2.75, 3.05) is 11.9 Å². The Labute approximate surface area is 189 Å². The molecule has 32 heavy (non-hydrogen) atoms. The molecule has 1 heterocycles. The molecule has 5 nitrogen and oxygen atoms in total. The molecule has 1 aliphatic rings. The van der Waals surface area contributed by atoms with Gasteiger partial charge in [-0.3, -0.25) is 0 Å². The summed E-state index contributed by atoms with van der Waals surface area (Å²) < 4.78 is 56.9. The van der Waals surface area contributed by atoms with Gasteiger partial charge in [0.05, 0.1) is 12.2 Å². The Morgan fingerprint density at radius 2 is 1.91 bits per heavy atom. The fraction of sp³-hybridized carbons (Fsp3) is 0.292. The zero-order valence-corrected chi connectivity index (χ0v) is 19.6. The molecule has 2 aromatic carbocycles. The molecule has 0 saturated carbocycles. The molecular formula is C24H29F2N3O2S. The molecule has 0 saturated heterocycles. The zero-order chi connectivity index (χ0) is 23.6. The van der Waals surface area contributed by atoms with Crippen molar-refractivity contribution in [2.45, 2.75) is 45.1 Å². The predicted octanol–water partition coefficient (Wildman–Crippen LogP) is 5.51. The number of allylic oxidation sites excluding steroid dienone is 4. The van der Waals surface area contributed by atoms with E-state index in [9.17, 15) is 12.8 Å². The Morgan fingerprint density at radius 3 is 2.56 bits per heavy atom. The molecule has 1 unspecified atom stereocenters. The number of anilines is 1. The zero-order valence-electron chi connectivity index (χ0n) is 18.8. The number of guanidine groups is 1. The summed E-state index contributed by atoms with van der Waals surface area (Å²) in [5, 5.41) is 0. The molecule has 0 aliphatic carbocycles. The molecule has 1 aliphatic heterocycles. The minimum atomic E-state index is -3.96. The fourth-order valence-corrected chi connectivity index (χ4v) is 4.80. The van der Waals surface area contributed by atoms with Gasteiger partial charge in [-0.1, -0.05) is 42.4 Å². The SMILES string of the molecule is CC(C)=C/C=C(\C)C(C)c1c(F)ccc2c1N(C)C(=NCc1cccc(F)c1)NS2(=O)=O.[HH]. The normalized spacial score (nSPS) is 17.5. The quantitative estimate of drug-likeness (QED) is 0.597. The highest BCUT2D eigenvalue weighted by Gasteiger charge is 2.35. The Hall–Kier alpha value is -3.00. The first-order valence-corrected chi connectivity index (χ1v) is 11.7. The van der Waals surface area contributed by atoms with E-state index in [4.69, 9.17) is 0 Å². The van der Waals surface area contributed by atoms with Crippen LogP contribution in [0.1, 0.15) is 46.2 Å². The van der Waals surface area contributed by atoms with Crippen LogP contribution in [0.15, 0.2) is 69.6 Å². The number of fused-ring (bicyclic) bond motifs is 1. The number of nitrogens with one attached hydrogen (secondary N) is 1. The maximum atomic E-state index is 15.1. The van der Waals surface area contributed by atoms with Crippen LogP contribution in [0.3, 0.4) is 0 Å². The number of halogens is 2. The van der Waals surface area contributed by atoms with Gasteiger partial charge in [-0.25, -0.2) is 26.9 Å². The fourth-order valence-electron chi connectivity index (χ4n) is 3.50. The smallest absolute Gasteiger partial charge is 0.266 e. The van der Waals surface area contributed by atoms with E-state index in [1.165, 1.54) is 24.3 Å². The largest absolute Gasteiger partial charge is 0.313 e. The minimum absolute atomic E-state index is 0. The molecule has 0 radical (unpaired) electrons. The third-order valence-electron chi connectivity index (χ3n) is 5.39. The van der Waals surface area contributed by atoms with E-state index in [1.54, 1.807) is 24.1 Å². The number of aliphatic imine (C=N–C) groups is 1. The topological polar surface area (TPSA) is 61.8 Å². The summed E-state index contributed by atoms with van der Waals surface area (Å²) in [5.74, 6) is -1.22. The van der Waals surface area contributed by atoms with Gasteiger partial charge in [0.1, 0.15) is 16.5 Å². The van der Waals surface area contributed by atoms with Crippen LogP contribution < -0.4 is 9.62 Å². The van der Waals surface area contributed by atoms with Crippen molar-refractivity contribution in [3.63, 3.8) is 0 Å². The van der Waals surface area contributed by atoms with Crippen molar-refractivity contribution < 1.29 is 18.6 Å². The summed E-state index contributed by atoms with van der Waals surface area (Å²) in [6.45, 7) is 7.72. The van der Waals surface area contributed by atoms with Gasteiger partial charge in [-0.15, -0.1) is 0 Å². The van der Waals surface area contributed by atoms with Gasteiger partial charge in [0.15, 0.2) is 0 Å². The summed E-state index contributed by atoms with van der Waals surface area (Å²) in [7, 11) is -2.32. The average molecular weight is 462 g/mol. The van der Waals surface area contributed by atoms with Gasteiger partial charge in [-0.2, -0.15) is 0 Å². The summed E-state index contributed by atoms with van der Waals surface area (Å²) in [6, 6.07) is 8.36. The van der Waals surface area contributed by atoms with Crippen molar-refractivity contribution in [3.05, 3.63) is 82.5 Å². The van der Waals surface area contributed by atoms with Gasteiger partial charge >= 0.3 is 0 Å². The molecule has 3 rings (SSSR count). The first-order valence-electron chi connectivity index (χ1n) is 10.2. The average Bonchev–Trinajstić information content (AvgIpc) is 2.72. The molecule has 0 spiro atoms. The summed E-state index contributed by atoms with van der Waals surface area (Å²) in [6.07, 6.45) is 3.85. The first kappa shape index (κ1) is 23.7. The molecule has 1 atom stereocenters. The van der Waals surface area contributed by atoms with Crippen LogP contribution in [-0.2, 0) is 16.6 Å². The van der Waals surface area contributed by atoms with E-state index in [0.29, 0.717) is 5.56 Å². The van der Waals surface area contributed by atoms with Crippen molar-refractivity contribution in [1.82, 2.24) is 4.72 Å². The maximum absolute atomic E-state index is 15.1. The molecule has 1 N–H and O–H groups in total. The molecule has 0 bridgehead atoms. The number of rotatable bonds is 5. The Balaban J connectivity index is 0.00000385. The van der Waals surface area contributed by atoms with E-state index >= 15 is 4.39 Å². The van der Waals surface area contributed by atoms with E-state index in [0.717, 1.165) is 11.1 Å². The lowest BCUT2D eigenvalue weighted by Crippen LogP contribution is -2.47. The van der Waals surface area contributed by atoms with Crippen LogP contribution in [-0.4, -0.2) is 21.4 Å². The number of sulfonamides is 1. The second-order valence-corrected chi connectivity index (χ2v) is 9.77.